The van der Waals surface area contributed by atoms with Gasteiger partial charge >= 0.3 is 11.8 Å². The van der Waals surface area contributed by atoms with Gasteiger partial charge in [-0.25, -0.2) is 4.68 Å². The number of nitrogens with one attached hydrogen (secondary N) is 3. The van der Waals surface area contributed by atoms with Gasteiger partial charge in [-0.15, -0.1) is 0 Å². The molecule has 3 amide bonds. The average molecular weight is 593 g/mol. The molecule has 1 aromatic heterocycles. The molecular formula is C29H29BrN4O5. The van der Waals surface area contributed by atoms with Crippen molar-refractivity contribution in [1.29, 1.82) is 0 Å². The van der Waals surface area contributed by atoms with E-state index in [2.05, 4.69) is 32.0 Å². The topological polar surface area (TPSA) is 111 Å². The van der Waals surface area contributed by atoms with Crippen LogP contribution in [0.1, 0.15) is 27.2 Å². The van der Waals surface area contributed by atoms with Crippen LogP contribution in [0.5, 0.6) is 11.5 Å². The van der Waals surface area contributed by atoms with Gasteiger partial charge in [0.15, 0.2) is 11.5 Å². The van der Waals surface area contributed by atoms with E-state index in [4.69, 9.17) is 9.47 Å². The minimum Gasteiger partial charge on any atom is -0.493 e. The molecule has 0 aliphatic heterocycles. The summed E-state index contributed by atoms with van der Waals surface area (Å²) < 4.78 is 12.7. The van der Waals surface area contributed by atoms with Gasteiger partial charge in [0.1, 0.15) is 5.69 Å². The Morgan fingerprint density at radius 3 is 2.28 bits per heavy atom. The highest BCUT2D eigenvalue weighted by Crippen LogP contribution is 2.28. The highest BCUT2D eigenvalue weighted by molar-refractivity contribution is 9.10. The van der Waals surface area contributed by atoms with Crippen LogP contribution in [0.2, 0.25) is 0 Å². The molecular weight excluding hydrogens is 564 g/mol. The second-order valence-electron chi connectivity index (χ2n) is 8.93. The number of hydrogen-bond donors (Lipinski definition) is 3. The second kappa shape index (κ2) is 12.0. The molecule has 0 radical (unpaired) electrons. The zero-order valence-electron chi connectivity index (χ0n) is 22.1. The molecule has 4 rings (SSSR count). The minimum atomic E-state index is -0.899. The maximum absolute atomic E-state index is 13.4. The van der Waals surface area contributed by atoms with E-state index < -0.39 is 17.7 Å². The molecule has 0 atom stereocenters. The second-order valence-corrected chi connectivity index (χ2v) is 9.84. The predicted octanol–water partition coefficient (Wildman–Crippen LogP) is 4.72. The molecule has 0 bridgehead atoms. The number of anilines is 1. The van der Waals surface area contributed by atoms with Crippen molar-refractivity contribution in [3.63, 3.8) is 0 Å². The van der Waals surface area contributed by atoms with Crippen LogP contribution in [0.3, 0.4) is 0 Å². The fourth-order valence-electron chi connectivity index (χ4n) is 4.25. The van der Waals surface area contributed by atoms with Crippen molar-refractivity contribution in [2.75, 3.05) is 31.5 Å². The number of carbonyl (C=O) groups excluding carboxylic acids is 3. The monoisotopic (exact) mass is 592 g/mol. The van der Waals surface area contributed by atoms with Gasteiger partial charge in [-0.2, -0.15) is 0 Å². The summed E-state index contributed by atoms with van der Waals surface area (Å²) in [6.07, 6.45) is 0.475. The third-order valence-electron chi connectivity index (χ3n) is 6.28. The van der Waals surface area contributed by atoms with Gasteiger partial charge in [-0.3, -0.25) is 19.8 Å². The Hall–Kier alpha value is -4.31. The number of methoxy groups -OCH3 is 2. The highest BCUT2D eigenvalue weighted by Gasteiger charge is 2.21. The Bertz CT molecular complexity index is 1540. The summed E-state index contributed by atoms with van der Waals surface area (Å²) in [5.41, 5.74) is 6.74. The molecule has 0 aliphatic carbocycles. The summed E-state index contributed by atoms with van der Waals surface area (Å²) in [4.78, 5) is 38.9. The molecule has 9 nitrogen and oxygen atoms in total. The molecule has 4 aromatic rings. The smallest absolute Gasteiger partial charge is 0.328 e. The van der Waals surface area contributed by atoms with Crippen LogP contribution in [0.4, 0.5) is 5.69 Å². The third-order valence-corrected chi connectivity index (χ3v) is 6.78. The number of aromatic nitrogens is 1. The van der Waals surface area contributed by atoms with E-state index in [0.29, 0.717) is 34.5 Å². The zero-order chi connectivity index (χ0) is 28.1. The number of fused-ring (bicyclic) bond motifs is 1. The van der Waals surface area contributed by atoms with Crippen LogP contribution in [0.15, 0.2) is 65.1 Å². The lowest BCUT2D eigenvalue weighted by molar-refractivity contribution is -0.136. The Labute approximate surface area is 234 Å². The summed E-state index contributed by atoms with van der Waals surface area (Å²) in [7, 11) is 3.11. The van der Waals surface area contributed by atoms with Crippen LogP contribution in [-0.4, -0.2) is 43.2 Å². The van der Waals surface area contributed by atoms with E-state index in [1.807, 2.05) is 50.2 Å². The lowest BCUT2D eigenvalue weighted by Crippen LogP contribution is -2.40. The summed E-state index contributed by atoms with van der Waals surface area (Å²) in [6, 6.07) is 18.2. The summed E-state index contributed by atoms with van der Waals surface area (Å²) >= 11 is 3.44. The number of hydrogen-bond acceptors (Lipinski definition) is 5. The van der Waals surface area contributed by atoms with Crippen molar-refractivity contribution in [2.24, 2.45) is 0 Å². The van der Waals surface area contributed by atoms with Crippen LogP contribution < -0.4 is 25.5 Å². The standard InChI is InChI=1S/C29H29BrN4O5/c1-17-6-5-7-18(2)26(17)32-27(35)23-16-20-15-21(30)9-10-22(20)34(23)33-29(37)28(36)31-13-12-19-8-11-24(38-3)25(14-19)39-4/h5-11,14-16H,12-13H2,1-4H3,(H,31,36)(H,32,35)(H,33,37). The minimum absolute atomic E-state index is 0.178. The van der Waals surface area contributed by atoms with Crippen LogP contribution in [0.25, 0.3) is 10.9 Å². The third kappa shape index (κ3) is 6.23. The molecule has 3 N–H and O–H groups in total. The fraction of sp³-hybridized carbons (Fsp3) is 0.207. The van der Waals surface area contributed by atoms with E-state index in [0.717, 1.165) is 21.2 Å². The predicted molar refractivity (Wildman–Crippen MR) is 154 cm³/mol. The molecule has 0 saturated carbocycles. The summed E-state index contributed by atoms with van der Waals surface area (Å²) in [6.45, 7) is 4.04. The van der Waals surface area contributed by atoms with Crippen molar-refractivity contribution in [3.05, 3.63) is 87.5 Å². The Kier molecular flexibility index (Phi) is 8.55. The number of benzene rings is 3. The van der Waals surface area contributed by atoms with Gasteiger partial charge in [0, 0.05) is 22.1 Å². The normalized spacial score (nSPS) is 10.7. The molecule has 0 unspecified atom stereocenters. The first-order valence-corrected chi connectivity index (χ1v) is 13.0. The quantitative estimate of drug-likeness (QED) is 0.256. The number of para-hydroxylation sites is 1. The molecule has 39 heavy (non-hydrogen) atoms. The van der Waals surface area contributed by atoms with Crippen molar-refractivity contribution in [3.8, 4) is 11.5 Å². The van der Waals surface area contributed by atoms with Crippen molar-refractivity contribution in [1.82, 2.24) is 9.99 Å². The largest absolute Gasteiger partial charge is 0.493 e. The number of amides is 3. The lowest BCUT2D eigenvalue weighted by atomic mass is 10.1. The van der Waals surface area contributed by atoms with Crippen molar-refractivity contribution >= 4 is 50.2 Å². The number of ether oxygens (including phenoxy) is 2. The highest BCUT2D eigenvalue weighted by atomic mass is 79.9. The molecule has 10 heteroatoms. The van der Waals surface area contributed by atoms with E-state index in [1.165, 1.54) is 4.68 Å². The molecule has 202 valence electrons. The molecule has 3 aromatic carbocycles. The van der Waals surface area contributed by atoms with Gasteiger partial charge in [-0.1, -0.05) is 40.2 Å². The van der Waals surface area contributed by atoms with Crippen LogP contribution in [0, 0.1) is 13.8 Å². The number of halogens is 1. The average Bonchev–Trinajstić information content (AvgIpc) is 3.27. The van der Waals surface area contributed by atoms with Crippen molar-refractivity contribution in [2.45, 2.75) is 20.3 Å². The first-order valence-electron chi connectivity index (χ1n) is 12.2. The van der Waals surface area contributed by atoms with Gasteiger partial charge in [0.25, 0.3) is 5.91 Å². The number of nitrogens with zero attached hydrogens (tertiary/aromatic N) is 1. The van der Waals surface area contributed by atoms with Crippen LogP contribution >= 0.6 is 15.9 Å². The van der Waals surface area contributed by atoms with Crippen LogP contribution in [-0.2, 0) is 16.0 Å². The Balaban J connectivity index is 1.50. The van der Waals surface area contributed by atoms with E-state index >= 15 is 0 Å². The first kappa shape index (κ1) is 27.7. The summed E-state index contributed by atoms with van der Waals surface area (Å²) in [5.74, 6) is -0.960. The molecule has 1 heterocycles. The van der Waals surface area contributed by atoms with Crippen molar-refractivity contribution < 1.29 is 23.9 Å². The first-order chi connectivity index (χ1) is 18.7. The zero-order valence-corrected chi connectivity index (χ0v) is 23.6. The van der Waals surface area contributed by atoms with E-state index in [1.54, 1.807) is 38.5 Å². The molecule has 0 saturated heterocycles. The number of carbonyl (C=O) groups is 3. The van der Waals surface area contributed by atoms with Gasteiger partial charge < -0.3 is 20.1 Å². The van der Waals surface area contributed by atoms with E-state index in [-0.39, 0.29) is 12.2 Å². The van der Waals surface area contributed by atoms with Gasteiger partial charge in [0.05, 0.1) is 19.7 Å². The Morgan fingerprint density at radius 1 is 0.872 bits per heavy atom. The molecule has 0 aliphatic rings. The maximum Gasteiger partial charge on any atom is 0.328 e. The maximum atomic E-state index is 13.4. The fourth-order valence-corrected chi connectivity index (χ4v) is 4.63. The van der Waals surface area contributed by atoms with E-state index in [9.17, 15) is 14.4 Å². The number of rotatable bonds is 8. The summed E-state index contributed by atoms with van der Waals surface area (Å²) in [5, 5.41) is 6.28. The number of aryl methyl sites for hydroxylation is 2. The SMILES string of the molecule is COc1ccc(CCNC(=O)C(=O)Nn2c(C(=O)Nc3c(C)cccc3C)cc3cc(Br)ccc32)cc1OC. The van der Waals surface area contributed by atoms with Gasteiger partial charge in [-0.05, 0) is 73.4 Å². The van der Waals surface area contributed by atoms with Gasteiger partial charge in [0.2, 0.25) is 0 Å². The molecule has 0 fully saturated rings. The lowest BCUT2D eigenvalue weighted by Gasteiger charge is -2.15. The Morgan fingerprint density at radius 2 is 1.59 bits per heavy atom. The molecule has 0 spiro atoms.